The van der Waals surface area contributed by atoms with Gasteiger partial charge in [-0.1, -0.05) is 18.2 Å². The highest BCUT2D eigenvalue weighted by Gasteiger charge is 2.19. The lowest BCUT2D eigenvalue weighted by molar-refractivity contribution is 0.108. The first-order valence-electron chi connectivity index (χ1n) is 8.96. The SMILES string of the molecule is CCNC(=NCCc1c[nH]c2c(C)cccc12)N1CCC(O)CC1. The van der Waals surface area contributed by atoms with Gasteiger partial charge in [0.05, 0.1) is 6.10 Å². The van der Waals surface area contributed by atoms with Gasteiger partial charge in [-0.15, -0.1) is 0 Å². The van der Waals surface area contributed by atoms with Gasteiger partial charge in [-0.25, -0.2) is 0 Å². The highest BCUT2D eigenvalue weighted by molar-refractivity contribution is 5.86. The van der Waals surface area contributed by atoms with E-state index in [1.807, 2.05) is 0 Å². The molecule has 5 heteroatoms. The first-order valence-corrected chi connectivity index (χ1v) is 8.96. The molecule has 130 valence electrons. The van der Waals surface area contributed by atoms with Crippen LogP contribution < -0.4 is 5.32 Å². The quantitative estimate of drug-likeness (QED) is 0.597. The van der Waals surface area contributed by atoms with E-state index in [4.69, 9.17) is 4.99 Å². The third kappa shape index (κ3) is 3.73. The Labute approximate surface area is 143 Å². The lowest BCUT2D eigenvalue weighted by Gasteiger charge is -2.32. The van der Waals surface area contributed by atoms with Gasteiger partial charge in [0.2, 0.25) is 0 Å². The second-order valence-electron chi connectivity index (χ2n) is 6.52. The summed E-state index contributed by atoms with van der Waals surface area (Å²) in [6.45, 7) is 7.61. The maximum atomic E-state index is 9.67. The standard InChI is InChI=1S/C19H28N4O/c1-3-20-19(23-11-8-16(24)9-12-23)21-10-7-15-13-22-18-14(2)5-4-6-17(15)18/h4-6,13,16,22,24H,3,7-12H2,1-2H3,(H,20,21). The van der Waals surface area contributed by atoms with Crippen molar-refractivity contribution < 1.29 is 5.11 Å². The number of aryl methyl sites for hydroxylation is 1. The van der Waals surface area contributed by atoms with Crippen LogP contribution in [0, 0.1) is 6.92 Å². The lowest BCUT2D eigenvalue weighted by Crippen LogP contribution is -2.46. The third-order valence-corrected chi connectivity index (χ3v) is 4.75. The maximum Gasteiger partial charge on any atom is 0.193 e. The summed E-state index contributed by atoms with van der Waals surface area (Å²) in [5.74, 6) is 0.973. The fourth-order valence-corrected chi connectivity index (χ4v) is 3.36. The van der Waals surface area contributed by atoms with E-state index in [1.165, 1.54) is 22.0 Å². The Morgan fingerprint density at radius 1 is 1.38 bits per heavy atom. The fraction of sp³-hybridized carbons (Fsp3) is 0.526. The number of fused-ring (bicyclic) bond motifs is 1. The molecular formula is C19H28N4O. The Hall–Kier alpha value is -2.01. The van der Waals surface area contributed by atoms with Gasteiger partial charge in [-0.05, 0) is 44.2 Å². The molecule has 0 radical (unpaired) electrons. The molecule has 0 bridgehead atoms. The van der Waals surface area contributed by atoms with E-state index in [0.717, 1.165) is 51.4 Å². The number of piperidine rings is 1. The molecule has 1 aliphatic heterocycles. The molecule has 0 unspecified atom stereocenters. The van der Waals surface area contributed by atoms with Crippen LogP contribution in [0.25, 0.3) is 10.9 Å². The molecule has 1 aliphatic rings. The molecule has 0 saturated carbocycles. The third-order valence-electron chi connectivity index (χ3n) is 4.75. The zero-order valence-electron chi connectivity index (χ0n) is 14.7. The van der Waals surface area contributed by atoms with Gasteiger partial charge in [0, 0.05) is 43.3 Å². The summed E-state index contributed by atoms with van der Waals surface area (Å²) >= 11 is 0. The largest absolute Gasteiger partial charge is 0.393 e. The van der Waals surface area contributed by atoms with Gasteiger partial charge in [-0.3, -0.25) is 4.99 Å². The van der Waals surface area contributed by atoms with E-state index in [1.54, 1.807) is 0 Å². The molecular weight excluding hydrogens is 300 g/mol. The van der Waals surface area contributed by atoms with Crippen molar-refractivity contribution in [2.24, 2.45) is 4.99 Å². The van der Waals surface area contributed by atoms with Crippen LogP contribution in [0.4, 0.5) is 0 Å². The number of aliphatic hydroxyl groups is 1. The Balaban J connectivity index is 1.67. The van der Waals surface area contributed by atoms with E-state index >= 15 is 0 Å². The molecule has 3 rings (SSSR count). The summed E-state index contributed by atoms with van der Waals surface area (Å²) in [7, 11) is 0. The number of guanidine groups is 1. The van der Waals surface area contributed by atoms with Crippen LogP contribution in [0.3, 0.4) is 0 Å². The summed E-state index contributed by atoms with van der Waals surface area (Å²) in [6, 6.07) is 6.42. The molecule has 2 aromatic rings. The Bertz CT molecular complexity index is 698. The molecule has 0 spiro atoms. The van der Waals surface area contributed by atoms with Crippen LogP contribution in [0.15, 0.2) is 29.4 Å². The van der Waals surface area contributed by atoms with Crippen molar-refractivity contribution in [2.75, 3.05) is 26.2 Å². The van der Waals surface area contributed by atoms with E-state index in [2.05, 4.69) is 53.4 Å². The smallest absolute Gasteiger partial charge is 0.193 e. The number of hydrogen-bond acceptors (Lipinski definition) is 2. The van der Waals surface area contributed by atoms with Crippen molar-refractivity contribution in [2.45, 2.75) is 39.2 Å². The number of aliphatic imine (C=N–C) groups is 1. The van der Waals surface area contributed by atoms with Gasteiger partial charge < -0.3 is 20.3 Å². The second kappa shape index (κ2) is 7.71. The number of rotatable bonds is 4. The molecule has 0 aliphatic carbocycles. The Morgan fingerprint density at radius 3 is 2.92 bits per heavy atom. The van der Waals surface area contributed by atoms with Crippen LogP contribution >= 0.6 is 0 Å². The molecule has 1 saturated heterocycles. The topological polar surface area (TPSA) is 63.7 Å². The monoisotopic (exact) mass is 328 g/mol. The summed E-state index contributed by atoms with van der Waals surface area (Å²) in [4.78, 5) is 10.4. The highest BCUT2D eigenvalue weighted by Crippen LogP contribution is 2.21. The lowest BCUT2D eigenvalue weighted by atomic mass is 10.1. The fourth-order valence-electron chi connectivity index (χ4n) is 3.36. The van der Waals surface area contributed by atoms with Crippen LogP contribution in [0.2, 0.25) is 0 Å². The minimum absolute atomic E-state index is 0.154. The van der Waals surface area contributed by atoms with Crippen LogP contribution in [-0.2, 0) is 6.42 Å². The van der Waals surface area contributed by atoms with E-state index in [9.17, 15) is 5.11 Å². The molecule has 3 N–H and O–H groups in total. The van der Waals surface area contributed by atoms with Crippen molar-refractivity contribution >= 4 is 16.9 Å². The number of aliphatic hydroxyl groups excluding tert-OH is 1. The van der Waals surface area contributed by atoms with Crippen molar-refractivity contribution in [3.8, 4) is 0 Å². The van der Waals surface area contributed by atoms with E-state index in [0.29, 0.717) is 0 Å². The van der Waals surface area contributed by atoms with Crippen molar-refractivity contribution in [3.63, 3.8) is 0 Å². The normalized spacial score (nSPS) is 16.8. The molecule has 24 heavy (non-hydrogen) atoms. The first kappa shape index (κ1) is 16.8. The number of benzene rings is 1. The van der Waals surface area contributed by atoms with Gasteiger partial charge >= 0.3 is 0 Å². The molecule has 1 aromatic heterocycles. The van der Waals surface area contributed by atoms with Gasteiger partial charge in [0.25, 0.3) is 0 Å². The average Bonchev–Trinajstić information content (AvgIpc) is 3.00. The summed E-state index contributed by atoms with van der Waals surface area (Å²) < 4.78 is 0. The number of likely N-dealkylation sites (tertiary alicyclic amines) is 1. The Kier molecular flexibility index (Phi) is 5.41. The predicted molar refractivity (Wildman–Crippen MR) is 99.5 cm³/mol. The number of nitrogens with one attached hydrogen (secondary N) is 2. The molecule has 0 amide bonds. The summed E-state index contributed by atoms with van der Waals surface area (Å²) in [5.41, 5.74) is 3.83. The molecule has 1 aromatic carbocycles. The molecule has 2 heterocycles. The zero-order valence-corrected chi connectivity index (χ0v) is 14.7. The van der Waals surface area contributed by atoms with Crippen molar-refractivity contribution in [3.05, 3.63) is 35.5 Å². The summed E-state index contributed by atoms with van der Waals surface area (Å²) in [5, 5.41) is 14.4. The van der Waals surface area contributed by atoms with Crippen LogP contribution in [0.1, 0.15) is 30.9 Å². The number of aromatic amines is 1. The summed E-state index contributed by atoms with van der Waals surface area (Å²) in [6.07, 6.45) is 4.53. The average molecular weight is 328 g/mol. The predicted octanol–water partition coefficient (Wildman–Crippen LogP) is 2.44. The zero-order chi connectivity index (χ0) is 16.9. The van der Waals surface area contributed by atoms with E-state index in [-0.39, 0.29) is 6.10 Å². The van der Waals surface area contributed by atoms with Crippen molar-refractivity contribution in [1.82, 2.24) is 15.2 Å². The number of hydrogen-bond donors (Lipinski definition) is 3. The van der Waals surface area contributed by atoms with Gasteiger partial charge in [0.1, 0.15) is 0 Å². The molecule has 5 nitrogen and oxygen atoms in total. The van der Waals surface area contributed by atoms with Gasteiger partial charge in [-0.2, -0.15) is 0 Å². The molecule has 1 fully saturated rings. The highest BCUT2D eigenvalue weighted by atomic mass is 16.3. The van der Waals surface area contributed by atoms with E-state index < -0.39 is 0 Å². The van der Waals surface area contributed by atoms with Crippen molar-refractivity contribution in [1.29, 1.82) is 0 Å². The van der Waals surface area contributed by atoms with Crippen LogP contribution in [-0.4, -0.2) is 53.2 Å². The maximum absolute atomic E-state index is 9.67. The minimum Gasteiger partial charge on any atom is -0.393 e. The second-order valence-corrected chi connectivity index (χ2v) is 6.52. The number of H-pyrrole nitrogens is 1. The Morgan fingerprint density at radius 2 is 2.17 bits per heavy atom. The van der Waals surface area contributed by atoms with Gasteiger partial charge in [0.15, 0.2) is 5.96 Å². The first-order chi connectivity index (χ1) is 11.7. The van der Waals surface area contributed by atoms with Crippen LogP contribution in [0.5, 0.6) is 0 Å². The minimum atomic E-state index is -0.154. The number of nitrogens with zero attached hydrogens (tertiary/aromatic N) is 2. The molecule has 0 atom stereocenters. The number of para-hydroxylation sites is 1. The number of aromatic nitrogens is 1.